The van der Waals surface area contributed by atoms with E-state index in [9.17, 15) is 0 Å². The van der Waals surface area contributed by atoms with Gasteiger partial charge in [0.05, 0.1) is 18.0 Å². The summed E-state index contributed by atoms with van der Waals surface area (Å²) in [7, 11) is 0. The van der Waals surface area contributed by atoms with Crippen LogP contribution in [0.2, 0.25) is 0 Å². The number of aliphatic imine (C=N–C) groups is 1. The average Bonchev–Trinajstić information content (AvgIpc) is 2.05. The maximum absolute atomic E-state index is 8.66. The number of hydrogen-bond donors (Lipinski definition) is 1. The lowest BCUT2D eigenvalue weighted by atomic mass is 10.3. The first-order chi connectivity index (χ1) is 4.86. The monoisotopic (exact) mass is 135 g/mol. The Bertz CT molecular complexity index is 250. The van der Waals surface area contributed by atoms with Crippen LogP contribution >= 0.6 is 0 Å². The molecule has 1 heterocycles. The number of rotatable bonds is 2. The number of aliphatic hydroxyl groups is 1. The van der Waals surface area contributed by atoms with Gasteiger partial charge in [-0.05, 0) is 12.2 Å². The van der Waals surface area contributed by atoms with Crippen molar-refractivity contribution < 1.29 is 5.11 Å². The highest BCUT2D eigenvalue weighted by molar-refractivity contribution is 5.96. The predicted octanol–water partition coefficient (Wildman–Crippen LogP) is 1.04. The Hall–Kier alpha value is -1.07. The summed E-state index contributed by atoms with van der Waals surface area (Å²) in [6, 6.07) is 0. The van der Waals surface area contributed by atoms with Crippen molar-refractivity contribution >= 4 is 5.71 Å². The zero-order chi connectivity index (χ0) is 7.40. The molecule has 0 atom stereocenters. The van der Waals surface area contributed by atoms with E-state index < -0.39 is 0 Å². The van der Waals surface area contributed by atoms with Crippen molar-refractivity contribution in [1.82, 2.24) is 0 Å². The first-order valence-corrected chi connectivity index (χ1v) is 3.26. The molecule has 0 radical (unpaired) electrons. The van der Waals surface area contributed by atoms with Gasteiger partial charge in [-0.2, -0.15) is 0 Å². The van der Waals surface area contributed by atoms with Crippen molar-refractivity contribution in [2.75, 3.05) is 6.61 Å². The molecular formula is C8H9NO. The van der Waals surface area contributed by atoms with Crippen LogP contribution in [-0.4, -0.2) is 17.4 Å². The molecule has 10 heavy (non-hydrogen) atoms. The summed E-state index contributed by atoms with van der Waals surface area (Å²) in [4.78, 5) is 4.07. The van der Waals surface area contributed by atoms with Gasteiger partial charge in [-0.25, -0.2) is 4.99 Å². The molecule has 0 amide bonds. The van der Waals surface area contributed by atoms with Crippen LogP contribution in [0.1, 0.15) is 13.3 Å². The summed E-state index contributed by atoms with van der Waals surface area (Å²) in [6.07, 6.45) is 2.48. The highest BCUT2D eigenvalue weighted by Gasteiger charge is 1.95. The van der Waals surface area contributed by atoms with E-state index in [-0.39, 0.29) is 6.61 Å². The van der Waals surface area contributed by atoms with Crippen molar-refractivity contribution in [2.45, 2.75) is 13.3 Å². The summed E-state index contributed by atoms with van der Waals surface area (Å²) in [6.45, 7) is 1.98. The molecule has 0 bridgehead atoms. The maximum atomic E-state index is 8.66. The van der Waals surface area contributed by atoms with Gasteiger partial charge in [-0.3, -0.25) is 0 Å². The van der Waals surface area contributed by atoms with Crippen LogP contribution in [-0.2, 0) is 0 Å². The Morgan fingerprint density at radius 1 is 1.70 bits per heavy atom. The topological polar surface area (TPSA) is 32.6 Å². The molecule has 1 aliphatic rings. The number of nitrogens with zero attached hydrogens (tertiary/aromatic N) is 1. The van der Waals surface area contributed by atoms with Crippen LogP contribution in [0.15, 0.2) is 28.2 Å². The zero-order valence-corrected chi connectivity index (χ0v) is 5.89. The molecule has 0 fully saturated rings. The van der Waals surface area contributed by atoms with E-state index in [0.717, 1.165) is 12.1 Å². The van der Waals surface area contributed by atoms with Gasteiger partial charge < -0.3 is 5.11 Å². The quantitative estimate of drug-likeness (QED) is 0.564. The lowest BCUT2D eigenvalue weighted by Gasteiger charge is -1.97. The van der Waals surface area contributed by atoms with Gasteiger partial charge in [0.25, 0.3) is 0 Å². The standard InChI is InChI=1S/C8H9NO/c1-2-7-4-3-5-8(6-10)9-7/h5,10H,2,6H2,1H3. The molecule has 0 saturated heterocycles. The van der Waals surface area contributed by atoms with Crippen LogP contribution in [0.3, 0.4) is 0 Å². The molecule has 0 aromatic carbocycles. The fourth-order valence-electron chi connectivity index (χ4n) is 0.685. The number of hydrogen-bond acceptors (Lipinski definition) is 2. The van der Waals surface area contributed by atoms with Gasteiger partial charge in [0.15, 0.2) is 0 Å². The van der Waals surface area contributed by atoms with Crippen LogP contribution in [0.25, 0.3) is 0 Å². The second-order valence-corrected chi connectivity index (χ2v) is 1.98. The van der Waals surface area contributed by atoms with Crippen LogP contribution in [0.4, 0.5) is 0 Å². The third-order valence-electron chi connectivity index (χ3n) is 1.23. The molecule has 2 heteroatoms. The van der Waals surface area contributed by atoms with E-state index in [1.807, 2.05) is 6.92 Å². The zero-order valence-electron chi connectivity index (χ0n) is 5.89. The highest BCUT2D eigenvalue weighted by atomic mass is 16.3. The molecule has 0 aromatic heterocycles. The second kappa shape index (κ2) is 3.19. The molecule has 0 spiro atoms. The summed E-state index contributed by atoms with van der Waals surface area (Å²) < 4.78 is 0. The minimum Gasteiger partial charge on any atom is -0.390 e. The number of aliphatic hydroxyl groups excluding tert-OH is 1. The van der Waals surface area contributed by atoms with Crippen molar-refractivity contribution in [3.05, 3.63) is 23.2 Å². The predicted molar refractivity (Wildman–Crippen MR) is 39.9 cm³/mol. The number of allylic oxidation sites excluding steroid dienone is 1. The molecular weight excluding hydrogens is 126 g/mol. The minimum absolute atomic E-state index is 0.0157. The molecule has 1 rings (SSSR count). The first kappa shape index (κ1) is 7.04. The molecule has 1 aliphatic heterocycles. The largest absolute Gasteiger partial charge is 0.390 e. The van der Waals surface area contributed by atoms with Crippen LogP contribution < -0.4 is 0 Å². The van der Waals surface area contributed by atoms with Crippen molar-refractivity contribution in [3.63, 3.8) is 0 Å². The van der Waals surface area contributed by atoms with Gasteiger partial charge in [0.2, 0.25) is 0 Å². The molecule has 52 valence electrons. The summed E-state index contributed by atoms with van der Waals surface area (Å²) >= 11 is 0. The van der Waals surface area contributed by atoms with Gasteiger partial charge in [0.1, 0.15) is 0 Å². The highest BCUT2D eigenvalue weighted by Crippen LogP contribution is 2.03. The van der Waals surface area contributed by atoms with Gasteiger partial charge in [-0.15, -0.1) is 0 Å². The Labute approximate surface area is 59.9 Å². The smallest absolute Gasteiger partial charge is 0.0904 e. The van der Waals surface area contributed by atoms with E-state index in [2.05, 4.69) is 16.5 Å². The minimum atomic E-state index is -0.0157. The lowest BCUT2D eigenvalue weighted by molar-refractivity contribution is 0.358. The normalized spacial score (nSPS) is 15.0. The first-order valence-electron chi connectivity index (χ1n) is 3.26. The lowest BCUT2D eigenvalue weighted by Crippen LogP contribution is -2.01. The molecule has 0 unspecified atom stereocenters. The Morgan fingerprint density at radius 2 is 2.50 bits per heavy atom. The molecule has 0 aliphatic carbocycles. The summed E-state index contributed by atoms with van der Waals surface area (Å²) in [5, 5.41) is 8.66. The van der Waals surface area contributed by atoms with Crippen molar-refractivity contribution in [3.8, 4) is 0 Å². The van der Waals surface area contributed by atoms with Gasteiger partial charge in [-0.1, -0.05) is 12.7 Å². The maximum Gasteiger partial charge on any atom is 0.0904 e. The second-order valence-electron chi connectivity index (χ2n) is 1.98. The molecule has 2 nitrogen and oxygen atoms in total. The fraction of sp³-hybridized carbons (Fsp3) is 0.375. The van der Waals surface area contributed by atoms with Crippen molar-refractivity contribution in [1.29, 1.82) is 0 Å². The van der Waals surface area contributed by atoms with Gasteiger partial charge in [0, 0.05) is 6.08 Å². The van der Waals surface area contributed by atoms with Gasteiger partial charge >= 0.3 is 0 Å². The summed E-state index contributed by atoms with van der Waals surface area (Å²) in [5.74, 6) is 0. The third-order valence-corrected chi connectivity index (χ3v) is 1.23. The molecule has 0 aromatic rings. The van der Waals surface area contributed by atoms with E-state index in [0.29, 0.717) is 5.71 Å². The van der Waals surface area contributed by atoms with Crippen molar-refractivity contribution in [2.24, 2.45) is 4.99 Å². The fourth-order valence-corrected chi connectivity index (χ4v) is 0.685. The van der Waals surface area contributed by atoms with E-state index >= 15 is 0 Å². The van der Waals surface area contributed by atoms with Crippen LogP contribution in [0.5, 0.6) is 0 Å². The molecule has 0 saturated carbocycles. The Kier molecular flexibility index (Phi) is 2.24. The molecule has 1 N–H and O–H groups in total. The third kappa shape index (κ3) is 1.46. The van der Waals surface area contributed by atoms with E-state index in [1.54, 1.807) is 6.08 Å². The van der Waals surface area contributed by atoms with E-state index in [1.165, 1.54) is 0 Å². The average molecular weight is 135 g/mol. The summed E-state index contributed by atoms with van der Waals surface area (Å²) in [5.41, 5.74) is 7.15. The Balaban J connectivity index is 2.87. The Morgan fingerprint density at radius 3 is 3.10 bits per heavy atom. The van der Waals surface area contributed by atoms with E-state index in [4.69, 9.17) is 5.11 Å². The van der Waals surface area contributed by atoms with Crippen LogP contribution in [0, 0.1) is 0 Å². The SMILES string of the molecule is CCC1=C=C=CC(CO)=N1.